The Bertz CT molecular complexity index is 397. The maximum absolute atomic E-state index is 11.3. The van der Waals surface area contributed by atoms with Crippen molar-refractivity contribution in [2.75, 3.05) is 35.7 Å². The third kappa shape index (κ3) is 4.98. The molecule has 4 nitrogen and oxygen atoms in total. The van der Waals surface area contributed by atoms with Crippen LogP contribution in [0.1, 0.15) is 23.7 Å². The smallest absolute Gasteiger partial charge is 0.161 e. The van der Waals surface area contributed by atoms with Gasteiger partial charge in [0.05, 0.1) is 0 Å². The van der Waals surface area contributed by atoms with Gasteiger partial charge in [0.25, 0.3) is 0 Å². The highest BCUT2D eigenvalue weighted by Crippen LogP contribution is 2.18. The summed E-state index contributed by atoms with van der Waals surface area (Å²) in [5, 5.41) is 11.9. The third-order valence-corrected chi connectivity index (χ3v) is 3.53. The zero-order chi connectivity index (χ0) is 13.4. The van der Waals surface area contributed by atoms with Crippen molar-refractivity contribution in [2.45, 2.75) is 13.3 Å². The number of aliphatic hydroxyl groups excluding tert-OH is 1. The SMILES string of the molecule is CC(=O)c1cc(NCCSCCCO)ccc1N. The second-order valence-corrected chi connectivity index (χ2v) is 5.20. The largest absolute Gasteiger partial charge is 0.398 e. The summed E-state index contributed by atoms with van der Waals surface area (Å²) in [6.07, 6.45) is 0.834. The first-order valence-electron chi connectivity index (χ1n) is 5.98. The Morgan fingerprint density at radius 1 is 1.44 bits per heavy atom. The van der Waals surface area contributed by atoms with Crippen LogP contribution in [0, 0.1) is 0 Å². The molecule has 0 aromatic heterocycles. The van der Waals surface area contributed by atoms with Crippen molar-refractivity contribution in [2.24, 2.45) is 0 Å². The van der Waals surface area contributed by atoms with E-state index in [1.165, 1.54) is 6.92 Å². The monoisotopic (exact) mass is 268 g/mol. The van der Waals surface area contributed by atoms with Gasteiger partial charge in [-0.2, -0.15) is 11.8 Å². The van der Waals surface area contributed by atoms with Crippen molar-refractivity contribution >= 4 is 28.9 Å². The van der Waals surface area contributed by atoms with Gasteiger partial charge >= 0.3 is 0 Å². The van der Waals surface area contributed by atoms with Crippen LogP contribution >= 0.6 is 11.8 Å². The topological polar surface area (TPSA) is 75.3 Å². The van der Waals surface area contributed by atoms with Gasteiger partial charge in [-0.1, -0.05) is 0 Å². The number of Topliss-reactive ketones (excluding diaryl/α,β-unsaturated/α-hetero) is 1. The molecule has 0 unspecified atom stereocenters. The van der Waals surface area contributed by atoms with Crippen molar-refractivity contribution in [3.05, 3.63) is 23.8 Å². The number of benzene rings is 1. The van der Waals surface area contributed by atoms with E-state index in [2.05, 4.69) is 5.32 Å². The first-order valence-corrected chi connectivity index (χ1v) is 7.13. The molecule has 0 fully saturated rings. The van der Waals surface area contributed by atoms with Crippen molar-refractivity contribution in [3.63, 3.8) is 0 Å². The molecule has 0 amide bonds. The molecule has 0 atom stereocenters. The van der Waals surface area contributed by atoms with E-state index >= 15 is 0 Å². The number of carbonyl (C=O) groups is 1. The van der Waals surface area contributed by atoms with E-state index in [0.717, 1.165) is 30.2 Å². The normalized spacial score (nSPS) is 10.3. The number of nitrogens with one attached hydrogen (secondary N) is 1. The maximum Gasteiger partial charge on any atom is 0.161 e. The van der Waals surface area contributed by atoms with E-state index in [4.69, 9.17) is 10.8 Å². The first-order chi connectivity index (χ1) is 8.65. The van der Waals surface area contributed by atoms with Crippen molar-refractivity contribution in [3.8, 4) is 0 Å². The summed E-state index contributed by atoms with van der Waals surface area (Å²) in [5.41, 5.74) is 7.72. The molecule has 0 saturated heterocycles. The van der Waals surface area contributed by atoms with E-state index in [1.807, 2.05) is 6.07 Å². The van der Waals surface area contributed by atoms with Gasteiger partial charge in [-0.25, -0.2) is 0 Å². The molecule has 1 aromatic carbocycles. The molecule has 0 bridgehead atoms. The minimum Gasteiger partial charge on any atom is -0.398 e. The molecule has 0 spiro atoms. The van der Waals surface area contributed by atoms with Gasteiger partial charge < -0.3 is 16.2 Å². The van der Waals surface area contributed by atoms with Crippen molar-refractivity contribution in [1.82, 2.24) is 0 Å². The highest BCUT2D eigenvalue weighted by molar-refractivity contribution is 7.99. The molecule has 0 aliphatic carbocycles. The Balaban J connectivity index is 2.38. The van der Waals surface area contributed by atoms with Crippen LogP contribution in [-0.2, 0) is 0 Å². The van der Waals surface area contributed by atoms with Gasteiger partial charge in [-0.05, 0) is 37.3 Å². The van der Waals surface area contributed by atoms with Gasteiger partial charge in [0.15, 0.2) is 5.78 Å². The number of aliphatic hydroxyl groups is 1. The molecule has 0 aliphatic heterocycles. The Labute approximate surface area is 112 Å². The van der Waals surface area contributed by atoms with Crippen LogP contribution in [0.3, 0.4) is 0 Å². The number of rotatable bonds is 8. The van der Waals surface area contributed by atoms with Crippen LogP contribution < -0.4 is 11.1 Å². The molecule has 100 valence electrons. The average molecular weight is 268 g/mol. The fourth-order valence-electron chi connectivity index (χ4n) is 1.51. The van der Waals surface area contributed by atoms with Gasteiger partial charge in [0.2, 0.25) is 0 Å². The van der Waals surface area contributed by atoms with Gasteiger partial charge in [-0.3, -0.25) is 4.79 Å². The summed E-state index contributed by atoms with van der Waals surface area (Å²) >= 11 is 1.80. The number of anilines is 2. The second kappa shape index (κ2) is 8.00. The Hall–Kier alpha value is -1.20. The molecule has 5 heteroatoms. The van der Waals surface area contributed by atoms with Gasteiger partial charge in [0.1, 0.15) is 0 Å². The van der Waals surface area contributed by atoms with Gasteiger partial charge in [0, 0.05) is 35.8 Å². The fraction of sp³-hybridized carbons (Fsp3) is 0.462. The van der Waals surface area contributed by atoms with Crippen LogP contribution in [0.25, 0.3) is 0 Å². The Kier molecular flexibility index (Phi) is 6.60. The molecule has 0 aliphatic rings. The number of hydrogen-bond acceptors (Lipinski definition) is 5. The third-order valence-electron chi connectivity index (χ3n) is 2.45. The van der Waals surface area contributed by atoms with Crippen LogP contribution in [0.4, 0.5) is 11.4 Å². The lowest BCUT2D eigenvalue weighted by Gasteiger charge is -2.09. The van der Waals surface area contributed by atoms with Crippen molar-refractivity contribution < 1.29 is 9.90 Å². The summed E-state index contributed by atoms with van der Waals surface area (Å²) in [7, 11) is 0. The minimum absolute atomic E-state index is 0.0199. The lowest BCUT2D eigenvalue weighted by atomic mass is 10.1. The minimum atomic E-state index is -0.0199. The van der Waals surface area contributed by atoms with E-state index in [1.54, 1.807) is 23.9 Å². The van der Waals surface area contributed by atoms with Crippen LogP contribution in [0.15, 0.2) is 18.2 Å². The predicted molar refractivity (Wildman–Crippen MR) is 78.4 cm³/mol. The average Bonchev–Trinajstić information content (AvgIpc) is 2.35. The number of thioether (sulfide) groups is 1. The maximum atomic E-state index is 11.3. The summed E-state index contributed by atoms with van der Waals surface area (Å²) < 4.78 is 0. The van der Waals surface area contributed by atoms with Crippen molar-refractivity contribution in [1.29, 1.82) is 0 Å². The quantitative estimate of drug-likeness (QED) is 0.382. The van der Waals surface area contributed by atoms with E-state index in [-0.39, 0.29) is 12.4 Å². The number of ketones is 1. The summed E-state index contributed by atoms with van der Waals surface area (Å²) in [5.74, 6) is 1.92. The first kappa shape index (κ1) is 14.9. The lowest BCUT2D eigenvalue weighted by Crippen LogP contribution is -2.07. The zero-order valence-corrected chi connectivity index (χ0v) is 11.4. The number of nitrogen functional groups attached to an aromatic ring is 1. The zero-order valence-electron chi connectivity index (χ0n) is 10.6. The lowest BCUT2D eigenvalue weighted by molar-refractivity contribution is 0.101. The Morgan fingerprint density at radius 3 is 2.89 bits per heavy atom. The summed E-state index contributed by atoms with van der Waals surface area (Å²) in [6.45, 7) is 2.60. The molecule has 0 heterocycles. The van der Waals surface area contributed by atoms with E-state index < -0.39 is 0 Å². The molecule has 0 radical (unpaired) electrons. The highest BCUT2D eigenvalue weighted by Gasteiger charge is 2.05. The number of carbonyl (C=O) groups excluding carboxylic acids is 1. The molecule has 4 N–H and O–H groups in total. The predicted octanol–water partition coefficient (Wildman–Crippen LogP) is 2.00. The van der Waals surface area contributed by atoms with E-state index in [0.29, 0.717) is 11.3 Å². The Morgan fingerprint density at radius 2 is 2.22 bits per heavy atom. The van der Waals surface area contributed by atoms with Crippen LogP contribution in [0.5, 0.6) is 0 Å². The van der Waals surface area contributed by atoms with Gasteiger partial charge in [-0.15, -0.1) is 0 Å². The standard InChI is InChI=1S/C13H20N2O2S/c1-10(17)12-9-11(3-4-13(12)14)15-5-8-18-7-2-6-16/h3-4,9,15-16H,2,5-8,14H2,1H3. The fourth-order valence-corrected chi connectivity index (χ4v) is 2.29. The molecule has 18 heavy (non-hydrogen) atoms. The molecular weight excluding hydrogens is 248 g/mol. The molecule has 0 saturated carbocycles. The van der Waals surface area contributed by atoms with Crippen LogP contribution in [-0.4, -0.2) is 35.5 Å². The summed E-state index contributed by atoms with van der Waals surface area (Å²) in [4.78, 5) is 11.3. The second-order valence-electron chi connectivity index (χ2n) is 3.97. The molecular formula is C13H20N2O2S. The number of hydrogen-bond donors (Lipinski definition) is 3. The molecule has 1 rings (SSSR count). The van der Waals surface area contributed by atoms with Crippen LogP contribution in [0.2, 0.25) is 0 Å². The highest BCUT2D eigenvalue weighted by atomic mass is 32.2. The summed E-state index contributed by atoms with van der Waals surface area (Å²) in [6, 6.07) is 5.41. The van der Waals surface area contributed by atoms with E-state index in [9.17, 15) is 4.79 Å². The molecule has 1 aromatic rings. The number of nitrogens with two attached hydrogens (primary N) is 1.